The predicted molar refractivity (Wildman–Crippen MR) is 113 cm³/mol. The van der Waals surface area contributed by atoms with Crippen LogP contribution in [0, 0.1) is 0 Å². The zero-order valence-electron chi connectivity index (χ0n) is 16.5. The molecule has 152 valence electrons. The molecule has 0 aliphatic heterocycles. The van der Waals surface area contributed by atoms with Crippen molar-refractivity contribution in [3.63, 3.8) is 0 Å². The summed E-state index contributed by atoms with van der Waals surface area (Å²) in [4.78, 5) is 36.3. The Hall–Kier alpha value is -3.93. The molecule has 0 radical (unpaired) electrons. The van der Waals surface area contributed by atoms with Gasteiger partial charge in [-0.05, 0) is 48.5 Å². The van der Waals surface area contributed by atoms with Crippen molar-refractivity contribution >= 4 is 23.3 Å². The minimum Gasteiger partial charge on any atom is -0.456 e. The molecule has 0 aliphatic carbocycles. The molecule has 6 nitrogen and oxygen atoms in total. The Morgan fingerprint density at radius 3 is 2.20 bits per heavy atom. The van der Waals surface area contributed by atoms with Crippen LogP contribution in [0.15, 0.2) is 78.9 Å². The van der Waals surface area contributed by atoms with Gasteiger partial charge in [0.2, 0.25) is 5.91 Å². The molecule has 0 aromatic heterocycles. The van der Waals surface area contributed by atoms with Crippen LogP contribution in [0.2, 0.25) is 0 Å². The second kappa shape index (κ2) is 10.0. The fourth-order valence-corrected chi connectivity index (χ4v) is 2.62. The number of hydrogen-bond donors (Lipinski definition) is 1. The summed E-state index contributed by atoms with van der Waals surface area (Å²) >= 11 is 0. The molecule has 0 atom stereocenters. The fraction of sp³-hybridized carbons (Fsp3) is 0.125. The SMILES string of the molecule is CCC(=O)Nc1ccc(C(=O)COC(=O)c2ccccc2Oc2ccccc2)cc1. The van der Waals surface area contributed by atoms with Gasteiger partial charge in [-0.3, -0.25) is 9.59 Å². The standard InChI is InChI=1S/C24H21NO5/c1-2-23(27)25-18-14-12-17(13-15-18)21(26)16-29-24(28)20-10-6-7-11-22(20)30-19-8-4-3-5-9-19/h3-15H,2,16H2,1H3,(H,25,27). The molecule has 3 aromatic rings. The number of para-hydroxylation sites is 2. The van der Waals surface area contributed by atoms with Crippen molar-refractivity contribution in [2.75, 3.05) is 11.9 Å². The maximum atomic E-state index is 12.5. The van der Waals surface area contributed by atoms with E-state index < -0.39 is 12.6 Å². The molecule has 3 rings (SSSR count). The van der Waals surface area contributed by atoms with Crippen LogP contribution in [-0.4, -0.2) is 24.3 Å². The summed E-state index contributed by atoms with van der Waals surface area (Å²) in [6.45, 7) is 1.35. The molecular weight excluding hydrogens is 382 g/mol. The van der Waals surface area contributed by atoms with Crippen molar-refractivity contribution in [1.29, 1.82) is 0 Å². The van der Waals surface area contributed by atoms with E-state index in [1.165, 1.54) is 0 Å². The molecule has 0 spiro atoms. The van der Waals surface area contributed by atoms with Gasteiger partial charge in [-0.25, -0.2) is 4.79 Å². The van der Waals surface area contributed by atoms with Gasteiger partial charge in [-0.15, -0.1) is 0 Å². The van der Waals surface area contributed by atoms with Gasteiger partial charge in [0.25, 0.3) is 0 Å². The summed E-state index contributed by atoms with van der Waals surface area (Å²) in [6.07, 6.45) is 0.367. The highest BCUT2D eigenvalue weighted by Gasteiger charge is 2.16. The van der Waals surface area contributed by atoms with Gasteiger partial charge in [0.15, 0.2) is 12.4 Å². The van der Waals surface area contributed by atoms with Crippen LogP contribution < -0.4 is 10.1 Å². The van der Waals surface area contributed by atoms with Crippen LogP contribution in [0.4, 0.5) is 5.69 Å². The number of ether oxygens (including phenoxy) is 2. The first-order valence-corrected chi connectivity index (χ1v) is 9.49. The molecule has 0 bridgehead atoms. The number of ketones is 1. The number of hydrogen-bond acceptors (Lipinski definition) is 5. The second-order valence-electron chi connectivity index (χ2n) is 6.39. The first-order chi connectivity index (χ1) is 14.6. The first-order valence-electron chi connectivity index (χ1n) is 9.49. The third kappa shape index (κ3) is 5.54. The minimum absolute atomic E-state index is 0.112. The largest absolute Gasteiger partial charge is 0.456 e. The molecule has 30 heavy (non-hydrogen) atoms. The lowest BCUT2D eigenvalue weighted by Crippen LogP contribution is -2.15. The molecule has 1 amide bonds. The van der Waals surface area contributed by atoms with Crippen molar-refractivity contribution in [3.05, 3.63) is 90.0 Å². The Morgan fingerprint density at radius 2 is 1.50 bits per heavy atom. The first kappa shape index (κ1) is 20.8. The number of Topliss-reactive ketones (excluding diaryl/α,β-unsaturated/α-hetero) is 1. The molecule has 0 aliphatic rings. The Kier molecular flexibility index (Phi) is 6.95. The summed E-state index contributed by atoms with van der Waals surface area (Å²) in [5.74, 6) is -0.180. The number of anilines is 1. The van der Waals surface area contributed by atoms with Crippen molar-refractivity contribution in [3.8, 4) is 11.5 Å². The van der Waals surface area contributed by atoms with Gasteiger partial charge < -0.3 is 14.8 Å². The quantitative estimate of drug-likeness (QED) is 0.429. The highest BCUT2D eigenvalue weighted by Crippen LogP contribution is 2.25. The summed E-state index contributed by atoms with van der Waals surface area (Å²) in [7, 11) is 0. The number of nitrogens with one attached hydrogen (secondary N) is 1. The molecule has 1 N–H and O–H groups in total. The average Bonchev–Trinajstić information content (AvgIpc) is 2.78. The smallest absolute Gasteiger partial charge is 0.342 e. The number of benzene rings is 3. The molecule has 0 fully saturated rings. The summed E-state index contributed by atoms with van der Waals surface area (Å²) in [5, 5.41) is 2.71. The molecule has 0 heterocycles. The van der Waals surface area contributed by atoms with Gasteiger partial charge in [0.1, 0.15) is 17.1 Å². The van der Waals surface area contributed by atoms with E-state index in [0.29, 0.717) is 29.2 Å². The zero-order valence-corrected chi connectivity index (χ0v) is 16.5. The highest BCUT2D eigenvalue weighted by molar-refractivity contribution is 6.00. The van der Waals surface area contributed by atoms with Gasteiger partial charge in [-0.1, -0.05) is 37.3 Å². The summed E-state index contributed by atoms with van der Waals surface area (Å²) in [5.41, 5.74) is 1.21. The summed E-state index contributed by atoms with van der Waals surface area (Å²) < 4.78 is 11.0. The fourth-order valence-electron chi connectivity index (χ4n) is 2.62. The lowest BCUT2D eigenvalue weighted by molar-refractivity contribution is -0.115. The third-order valence-corrected chi connectivity index (χ3v) is 4.22. The molecule has 6 heteroatoms. The molecule has 0 saturated heterocycles. The van der Waals surface area contributed by atoms with Crippen molar-refractivity contribution in [1.82, 2.24) is 0 Å². The molecule has 0 unspecified atom stereocenters. The van der Waals surface area contributed by atoms with E-state index in [1.54, 1.807) is 67.6 Å². The Bertz CT molecular complexity index is 1030. The lowest BCUT2D eigenvalue weighted by atomic mass is 10.1. The van der Waals surface area contributed by atoms with Gasteiger partial charge >= 0.3 is 5.97 Å². The normalized spacial score (nSPS) is 10.2. The third-order valence-electron chi connectivity index (χ3n) is 4.22. The van der Waals surface area contributed by atoms with Crippen LogP contribution >= 0.6 is 0 Å². The Balaban J connectivity index is 1.62. The predicted octanol–water partition coefficient (Wildman–Crippen LogP) is 4.87. The van der Waals surface area contributed by atoms with Gasteiger partial charge in [0, 0.05) is 17.7 Å². The topological polar surface area (TPSA) is 81.7 Å². The van der Waals surface area contributed by atoms with Crippen molar-refractivity contribution in [2.24, 2.45) is 0 Å². The zero-order chi connectivity index (χ0) is 21.3. The van der Waals surface area contributed by atoms with Crippen LogP contribution in [0.1, 0.15) is 34.1 Å². The van der Waals surface area contributed by atoms with Crippen molar-refractivity contribution in [2.45, 2.75) is 13.3 Å². The summed E-state index contributed by atoms with van der Waals surface area (Å²) in [6, 6.07) is 22.2. The van der Waals surface area contributed by atoms with E-state index in [0.717, 1.165) is 0 Å². The number of amides is 1. The van der Waals surface area contributed by atoms with E-state index >= 15 is 0 Å². The molecule has 0 saturated carbocycles. The lowest BCUT2D eigenvalue weighted by Gasteiger charge is -2.11. The van der Waals surface area contributed by atoms with Crippen molar-refractivity contribution < 1.29 is 23.9 Å². The maximum absolute atomic E-state index is 12.5. The average molecular weight is 403 g/mol. The second-order valence-corrected chi connectivity index (χ2v) is 6.39. The Labute approximate surface area is 174 Å². The minimum atomic E-state index is -0.651. The molecule has 3 aromatic carbocycles. The van der Waals surface area contributed by atoms with Gasteiger partial charge in [0.05, 0.1) is 0 Å². The number of carbonyl (C=O) groups excluding carboxylic acids is 3. The Morgan fingerprint density at radius 1 is 0.833 bits per heavy atom. The molecular formula is C24H21NO5. The van der Waals surface area contributed by atoms with E-state index in [2.05, 4.69) is 5.32 Å². The van der Waals surface area contributed by atoms with E-state index in [-0.39, 0.29) is 17.3 Å². The van der Waals surface area contributed by atoms with Crippen LogP contribution in [0.3, 0.4) is 0 Å². The van der Waals surface area contributed by atoms with Crippen LogP contribution in [-0.2, 0) is 9.53 Å². The van der Waals surface area contributed by atoms with E-state index in [9.17, 15) is 14.4 Å². The highest BCUT2D eigenvalue weighted by atomic mass is 16.5. The number of esters is 1. The van der Waals surface area contributed by atoms with Crippen LogP contribution in [0.5, 0.6) is 11.5 Å². The number of rotatable bonds is 8. The monoisotopic (exact) mass is 403 g/mol. The van der Waals surface area contributed by atoms with Crippen LogP contribution in [0.25, 0.3) is 0 Å². The maximum Gasteiger partial charge on any atom is 0.342 e. The van der Waals surface area contributed by atoms with E-state index in [4.69, 9.17) is 9.47 Å². The van der Waals surface area contributed by atoms with Gasteiger partial charge in [-0.2, -0.15) is 0 Å². The number of carbonyl (C=O) groups is 3. The van der Waals surface area contributed by atoms with E-state index in [1.807, 2.05) is 18.2 Å².